The highest BCUT2D eigenvalue weighted by molar-refractivity contribution is 7.92. The summed E-state index contributed by atoms with van der Waals surface area (Å²) in [6.45, 7) is 0. The van der Waals surface area contributed by atoms with Crippen molar-refractivity contribution in [2.45, 2.75) is 4.90 Å². The molecule has 3 aromatic rings. The van der Waals surface area contributed by atoms with Crippen LogP contribution in [0, 0.1) is 0 Å². The molecule has 0 aromatic heterocycles. The number of carbonyl (C=O) groups is 2. The first kappa shape index (κ1) is 20.4. The smallest absolute Gasteiger partial charge is 0.335 e. The number of benzene rings is 3. The number of amides is 1. The van der Waals surface area contributed by atoms with Crippen molar-refractivity contribution in [2.75, 3.05) is 10.0 Å². The van der Waals surface area contributed by atoms with Gasteiger partial charge in [0.05, 0.1) is 21.7 Å². The van der Waals surface area contributed by atoms with Gasteiger partial charge in [0, 0.05) is 10.7 Å². The minimum Gasteiger partial charge on any atom is -0.478 e. The number of carboxylic acids is 1. The Kier molecular flexibility index (Phi) is 5.86. The number of aromatic carboxylic acids is 1. The van der Waals surface area contributed by atoms with E-state index in [2.05, 4.69) is 10.0 Å². The summed E-state index contributed by atoms with van der Waals surface area (Å²) in [6, 6.07) is 17.4. The van der Waals surface area contributed by atoms with Gasteiger partial charge in [-0.15, -0.1) is 0 Å². The molecule has 0 bridgehead atoms. The fourth-order valence-corrected chi connectivity index (χ4v) is 3.69. The number of hydrogen-bond donors (Lipinski definition) is 3. The Balaban J connectivity index is 1.85. The molecule has 1 amide bonds. The van der Waals surface area contributed by atoms with Crippen LogP contribution in [-0.4, -0.2) is 25.4 Å². The lowest BCUT2D eigenvalue weighted by Gasteiger charge is -2.13. The molecular weight excluding hydrogens is 416 g/mol. The van der Waals surface area contributed by atoms with Crippen molar-refractivity contribution in [1.29, 1.82) is 0 Å². The van der Waals surface area contributed by atoms with Crippen LogP contribution in [0.4, 0.5) is 11.4 Å². The Labute approximate surface area is 172 Å². The van der Waals surface area contributed by atoms with Crippen molar-refractivity contribution >= 4 is 44.9 Å². The lowest BCUT2D eigenvalue weighted by Crippen LogP contribution is -2.18. The van der Waals surface area contributed by atoms with Crippen molar-refractivity contribution < 1.29 is 23.1 Å². The number of carbonyl (C=O) groups excluding carboxylic acids is 1. The second-order valence-electron chi connectivity index (χ2n) is 5.94. The van der Waals surface area contributed by atoms with Crippen LogP contribution in [0.3, 0.4) is 0 Å². The number of sulfonamides is 1. The van der Waals surface area contributed by atoms with Crippen molar-refractivity contribution in [3.8, 4) is 0 Å². The van der Waals surface area contributed by atoms with Gasteiger partial charge < -0.3 is 10.4 Å². The Bertz CT molecular complexity index is 1160. The zero-order valence-electron chi connectivity index (χ0n) is 14.8. The highest BCUT2D eigenvalue weighted by atomic mass is 35.5. The summed E-state index contributed by atoms with van der Waals surface area (Å²) >= 11 is 5.83. The third kappa shape index (κ3) is 4.92. The van der Waals surface area contributed by atoms with Crippen LogP contribution in [-0.2, 0) is 10.0 Å². The maximum atomic E-state index is 12.6. The molecule has 0 spiro atoms. The maximum absolute atomic E-state index is 12.6. The molecule has 3 N–H and O–H groups in total. The van der Waals surface area contributed by atoms with Gasteiger partial charge in [0.2, 0.25) is 0 Å². The zero-order chi connectivity index (χ0) is 21.0. The molecule has 148 valence electrons. The molecule has 29 heavy (non-hydrogen) atoms. The number of carboxylic acid groups (broad SMARTS) is 1. The van der Waals surface area contributed by atoms with Crippen molar-refractivity contribution in [1.82, 2.24) is 0 Å². The van der Waals surface area contributed by atoms with Gasteiger partial charge in [-0.3, -0.25) is 9.52 Å². The number of anilines is 2. The molecule has 0 saturated carbocycles. The number of rotatable bonds is 6. The molecule has 0 unspecified atom stereocenters. The van der Waals surface area contributed by atoms with E-state index in [1.807, 2.05) is 0 Å². The van der Waals surface area contributed by atoms with E-state index in [0.717, 1.165) is 0 Å². The van der Waals surface area contributed by atoms with E-state index in [-0.39, 0.29) is 21.7 Å². The first-order valence-corrected chi connectivity index (χ1v) is 10.1. The summed E-state index contributed by atoms with van der Waals surface area (Å²) in [5, 5.41) is 12.1. The fourth-order valence-electron chi connectivity index (χ4n) is 2.48. The Morgan fingerprint density at radius 1 is 0.862 bits per heavy atom. The molecular formula is C20H15ClN2O5S. The first-order valence-electron chi connectivity index (χ1n) is 8.28. The number of halogens is 1. The minimum atomic E-state index is -4.03. The monoisotopic (exact) mass is 430 g/mol. The Morgan fingerprint density at radius 2 is 1.48 bits per heavy atom. The molecule has 3 aromatic carbocycles. The van der Waals surface area contributed by atoms with Crippen LogP contribution in [0.15, 0.2) is 77.7 Å². The number of hydrogen-bond acceptors (Lipinski definition) is 4. The molecule has 9 heteroatoms. The topological polar surface area (TPSA) is 113 Å². The molecule has 0 saturated heterocycles. The average molecular weight is 431 g/mol. The van der Waals surface area contributed by atoms with Crippen molar-refractivity contribution in [3.63, 3.8) is 0 Å². The molecule has 7 nitrogen and oxygen atoms in total. The van der Waals surface area contributed by atoms with Crippen molar-refractivity contribution in [3.05, 3.63) is 88.9 Å². The van der Waals surface area contributed by atoms with Crippen LogP contribution in [0.5, 0.6) is 0 Å². The van der Waals surface area contributed by atoms with Crippen LogP contribution in [0.25, 0.3) is 0 Å². The van der Waals surface area contributed by atoms with Gasteiger partial charge >= 0.3 is 5.97 Å². The lowest BCUT2D eigenvalue weighted by molar-refractivity contribution is 0.0696. The fraction of sp³-hybridized carbons (Fsp3) is 0. The van der Waals surface area contributed by atoms with Gasteiger partial charge in [0.25, 0.3) is 15.9 Å². The summed E-state index contributed by atoms with van der Waals surface area (Å²) in [6.07, 6.45) is 0. The standard InChI is InChI=1S/C20H15ClN2O5S/c21-14-7-9-15(10-8-14)22-19(24)17-3-1-2-4-18(17)23-29(27,28)16-11-5-13(6-12-16)20(25)26/h1-12,23H,(H,22,24)(H,25,26). The van der Waals surface area contributed by atoms with Gasteiger partial charge in [-0.05, 0) is 60.7 Å². The molecule has 0 aliphatic carbocycles. The van der Waals surface area contributed by atoms with E-state index < -0.39 is 21.9 Å². The average Bonchev–Trinajstić information content (AvgIpc) is 2.70. The second-order valence-corrected chi connectivity index (χ2v) is 8.06. The highest BCUT2D eigenvalue weighted by Crippen LogP contribution is 2.22. The summed E-state index contributed by atoms with van der Waals surface area (Å²) in [5.74, 6) is -1.67. The number of para-hydroxylation sites is 1. The van der Waals surface area contributed by atoms with Crippen LogP contribution in [0.1, 0.15) is 20.7 Å². The molecule has 0 aliphatic rings. The predicted octanol–water partition coefficient (Wildman–Crippen LogP) is 4.09. The van der Waals surface area contributed by atoms with E-state index in [4.69, 9.17) is 16.7 Å². The maximum Gasteiger partial charge on any atom is 0.335 e. The molecule has 3 rings (SSSR count). The van der Waals surface area contributed by atoms with Crippen LogP contribution in [0.2, 0.25) is 5.02 Å². The van der Waals surface area contributed by atoms with Gasteiger partial charge in [-0.2, -0.15) is 0 Å². The third-order valence-electron chi connectivity index (χ3n) is 3.93. The minimum absolute atomic E-state index is 0.0355. The predicted molar refractivity (Wildman–Crippen MR) is 110 cm³/mol. The SMILES string of the molecule is O=C(O)c1ccc(S(=O)(=O)Nc2ccccc2C(=O)Nc2ccc(Cl)cc2)cc1. The van der Waals surface area contributed by atoms with E-state index in [1.165, 1.54) is 36.4 Å². The molecule has 0 heterocycles. The Hall–Kier alpha value is -3.36. The largest absolute Gasteiger partial charge is 0.478 e. The van der Waals surface area contributed by atoms with E-state index >= 15 is 0 Å². The summed E-state index contributed by atoms with van der Waals surface area (Å²) < 4.78 is 27.7. The summed E-state index contributed by atoms with van der Waals surface area (Å²) in [5.41, 5.74) is 0.669. The van der Waals surface area contributed by atoms with Gasteiger partial charge in [0.15, 0.2) is 0 Å². The van der Waals surface area contributed by atoms with Gasteiger partial charge in [-0.1, -0.05) is 23.7 Å². The second kappa shape index (κ2) is 8.34. The summed E-state index contributed by atoms with van der Waals surface area (Å²) in [4.78, 5) is 23.4. The van der Waals surface area contributed by atoms with Crippen molar-refractivity contribution in [2.24, 2.45) is 0 Å². The third-order valence-corrected chi connectivity index (χ3v) is 5.56. The summed E-state index contributed by atoms with van der Waals surface area (Å²) in [7, 11) is -4.03. The van der Waals surface area contributed by atoms with Crippen LogP contribution >= 0.6 is 11.6 Å². The lowest BCUT2D eigenvalue weighted by atomic mass is 10.1. The molecule has 0 fully saturated rings. The van der Waals surface area contributed by atoms with E-state index in [9.17, 15) is 18.0 Å². The highest BCUT2D eigenvalue weighted by Gasteiger charge is 2.19. The number of nitrogens with one attached hydrogen (secondary N) is 2. The van der Waals surface area contributed by atoms with Gasteiger partial charge in [0.1, 0.15) is 0 Å². The molecule has 0 aliphatic heterocycles. The first-order chi connectivity index (χ1) is 13.8. The normalized spacial score (nSPS) is 10.9. The van der Waals surface area contributed by atoms with E-state index in [0.29, 0.717) is 10.7 Å². The zero-order valence-corrected chi connectivity index (χ0v) is 16.4. The quantitative estimate of drug-likeness (QED) is 0.545. The van der Waals surface area contributed by atoms with E-state index in [1.54, 1.807) is 36.4 Å². The molecule has 0 radical (unpaired) electrons. The molecule has 0 atom stereocenters. The Morgan fingerprint density at radius 3 is 2.10 bits per heavy atom. The van der Waals surface area contributed by atoms with Crippen LogP contribution < -0.4 is 10.0 Å². The van der Waals surface area contributed by atoms with Gasteiger partial charge in [-0.25, -0.2) is 13.2 Å².